The van der Waals surface area contributed by atoms with E-state index in [9.17, 15) is 0 Å². The van der Waals surface area contributed by atoms with Gasteiger partial charge >= 0.3 is 0 Å². The van der Waals surface area contributed by atoms with E-state index >= 15 is 0 Å². The second kappa shape index (κ2) is 5.19. The van der Waals surface area contributed by atoms with E-state index in [0.717, 1.165) is 17.8 Å². The number of rotatable bonds is 1. The van der Waals surface area contributed by atoms with E-state index in [4.69, 9.17) is 0 Å². The lowest BCUT2D eigenvalue weighted by Crippen LogP contribution is -2.28. The molecule has 2 aliphatic carbocycles. The monoisotopic (exact) mass is 194 g/mol. The molecule has 2 rings (SSSR count). The summed E-state index contributed by atoms with van der Waals surface area (Å²) in [7, 11) is 0. The maximum Gasteiger partial charge on any atom is -0.0358 e. The summed E-state index contributed by atoms with van der Waals surface area (Å²) >= 11 is 0. The van der Waals surface area contributed by atoms with Crippen molar-refractivity contribution in [1.82, 2.24) is 0 Å². The van der Waals surface area contributed by atoms with Gasteiger partial charge in [-0.1, -0.05) is 64.7 Å². The second-order valence-electron chi connectivity index (χ2n) is 5.51. The molecule has 0 aliphatic heterocycles. The van der Waals surface area contributed by atoms with E-state index in [1.807, 2.05) is 0 Å². The SMILES string of the molecule is CCC1CCCCCC2CCCCC12. The van der Waals surface area contributed by atoms with Gasteiger partial charge in [-0.15, -0.1) is 0 Å². The predicted molar refractivity (Wildman–Crippen MR) is 62.3 cm³/mol. The molecular formula is C14H26. The van der Waals surface area contributed by atoms with Gasteiger partial charge in [0.05, 0.1) is 0 Å². The van der Waals surface area contributed by atoms with Gasteiger partial charge in [0.2, 0.25) is 0 Å². The summed E-state index contributed by atoms with van der Waals surface area (Å²) in [5.41, 5.74) is 0. The van der Waals surface area contributed by atoms with E-state index in [-0.39, 0.29) is 0 Å². The fourth-order valence-corrected chi connectivity index (χ4v) is 3.93. The maximum absolute atomic E-state index is 2.41. The van der Waals surface area contributed by atoms with Crippen molar-refractivity contribution in [2.24, 2.45) is 17.8 Å². The Morgan fingerprint density at radius 3 is 2.21 bits per heavy atom. The first kappa shape index (κ1) is 10.5. The fourth-order valence-electron chi connectivity index (χ4n) is 3.93. The fraction of sp³-hybridized carbons (Fsp3) is 1.00. The summed E-state index contributed by atoms with van der Waals surface area (Å²) in [6.45, 7) is 2.41. The summed E-state index contributed by atoms with van der Waals surface area (Å²) in [6, 6.07) is 0. The number of hydrogen-bond acceptors (Lipinski definition) is 0. The van der Waals surface area contributed by atoms with Crippen molar-refractivity contribution >= 4 is 0 Å². The maximum atomic E-state index is 2.41. The number of hydrogen-bond donors (Lipinski definition) is 0. The molecular weight excluding hydrogens is 168 g/mol. The Hall–Kier alpha value is 0. The third kappa shape index (κ3) is 2.32. The average Bonchev–Trinajstić information content (AvgIpc) is 2.20. The third-order valence-corrected chi connectivity index (χ3v) is 4.75. The van der Waals surface area contributed by atoms with Crippen molar-refractivity contribution in [1.29, 1.82) is 0 Å². The van der Waals surface area contributed by atoms with E-state index in [2.05, 4.69) is 6.92 Å². The van der Waals surface area contributed by atoms with Crippen LogP contribution in [0.3, 0.4) is 0 Å². The van der Waals surface area contributed by atoms with E-state index in [0.29, 0.717) is 0 Å². The molecule has 0 heteroatoms. The minimum atomic E-state index is 1.08. The molecule has 82 valence electrons. The average molecular weight is 194 g/mol. The van der Waals surface area contributed by atoms with Gasteiger partial charge in [-0.3, -0.25) is 0 Å². The molecule has 0 N–H and O–H groups in total. The smallest absolute Gasteiger partial charge is 0.0358 e. The lowest BCUT2D eigenvalue weighted by molar-refractivity contribution is 0.125. The van der Waals surface area contributed by atoms with Crippen LogP contribution in [-0.2, 0) is 0 Å². The molecule has 14 heavy (non-hydrogen) atoms. The van der Waals surface area contributed by atoms with E-state index < -0.39 is 0 Å². The molecule has 3 unspecified atom stereocenters. The molecule has 0 radical (unpaired) electrons. The van der Waals surface area contributed by atoms with Gasteiger partial charge in [0.1, 0.15) is 0 Å². The van der Waals surface area contributed by atoms with Crippen molar-refractivity contribution in [3.8, 4) is 0 Å². The van der Waals surface area contributed by atoms with Crippen LogP contribution >= 0.6 is 0 Å². The van der Waals surface area contributed by atoms with Gasteiger partial charge < -0.3 is 0 Å². The lowest BCUT2D eigenvalue weighted by Gasteiger charge is -2.38. The summed E-state index contributed by atoms with van der Waals surface area (Å²) in [5.74, 6) is 3.32. The predicted octanol–water partition coefficient (Wildman–Crippen LogP) is 4.78. The van der Waals surface area contributed by atoms with Crippen LogP contribution < -0.4 is 0 Å². The van der Waals surface area contributed by atoms with Gasteiger partial charge in [0.15, 0.2) is 0 Å². The molecule has 0 saturated heterocycles. The van der Waals surface area contributed by atoms with Gasteiger partial charge in [-0.05, 0) is 24.2 Å². The van der Waals surface area contributed by atoms with Crippen LogP contribution in [0.1, 0.15) is 71.1 Å². The highest BCUT2D eigenvalue weighted by Crippen LogP contribution is 2.42. The van der Waals surface area contributed by atoms with Crippen LogP contribution in [0.2, 0.25) is 0 Å². The number of fused-ring (bicyclic) bond motifs is 1. The topological polar surface area (TPSA) is 0 Å². The van der Waals surface area contributed by atoms with Crippen LogP contribution in [-0.4, -0.2) is 0 Å². The zero-order valence-electron chi connectivity index (χ0n) is 9.80. The Morgan fingerprint density at radius 2 is 1.43 bits per heavy atom. The summed E-state index contributed by atoms with van der Waals surface area (Å²) in [5, 5.41) is 0. The Balaban J connectivity index is 2.00. The lowest BCUT2D eigenvalue weighted by atomic mass is 9.67. The molecule has 0 amide bonds. The zero-order chi connectivity index (χ0) is 9.80. The minimum Gasteiger partial charge on any atom is -0.0651 e. The van der Waals surface area contributed by atoms with Gasteiger partial charge in [0.25, 0.3) is 0 Å². The van der Waals surface area contributed by atoms with Crippen LogP contribution in [0.4, 0.5) is 0 Å². The Bertz CT molecular complexity index is 153. The van der Waals surface area contributed by atoms with Crippen LogP contribution in [0.15, 0.2) is 0 Å². The molecule has 0 bridgehead atoms. The molecule has 2 saturated carbocycles. The quantitative estimate of drug-likeness (QED) is 0.563. The van der Waals surface area contributed by atoms with Gasteiger partial charge in [-0.25, -0.2) is 0 Å². The molecule has 2 fully saturated rings. The zero-order valence-corrected chi connectivity index (χ0v) is 9.80. The summed E-state index contributed by atoms with van der Waals surface area (Å²) in [4.78, 5) is 0. The highest BCUT2D eigenvalue weighted by atomic mass is 14.4. The molecule has 0 aromatic rings. The Labute approximate surface area is 89.5 Å². The van der Waals surface area contributed by atoms with E-state index in [1.54, 1.807) is 19.3 Å². The first-order chi connectivity index (χ1) is 6.92. The van der Waals surface area contributed by atoms with Crippen molar-refractivity contribution in [2.75, 3.05) is 0 Å². The Kier molecular flexibility index (Phi) is 3.89. The largest absolute Gasteiger partial charge is 0.0651 e. The third-order valence-electron chi connectivity index (χ3n) is 4.75. The first-order valence-corrected chi connectivity index (χ1v) is 6.92. The van der Waals surface area contributed by atoms with Crippen LogP contribution in [0.25, 0.3) is 0 Å². The molecule has 2 aliphatic rings. The molecule has 0 heterocycles. The molecule has 3 atom stereocenters. The van der Waals surface area contributed by atoms with Crippen molar-refractivity contribution in [2.45, 2.75) is 71.1 Å². The second-order valence-corrected chi connectivity index (χ2v) is 5.51. The first-order valence-electron chi connectivity index (χ1n) is 6.92. The van der Waals surface area contributed by atoms with Crippen LogP contribution in [0.5, 0.6) is 0 Å². The van der Waals surface area contributed by atoms with Crippen LogP contribution in [0, 0.1) is 17.8 Å². The Morgan fingerprint density at radius 1 is 0.786 bits per heavy atom. The van der Waals surface area contributed by atoms with E-state index in [1.165, 1.54) is 44.9 Å². The van der Waals surface area contributed by atoms with Gasteiger partial charge in [-0.2, -0.15) is 0 Å². The summed E-state index contributed by atoms with van der Waals surface area (Å²) in [6.07, 6.45) is 15.3. The summed E-state index contributed by atoms with van der Waals surface area (Å²) < 4.78 is 0. The molecule has 0 aromatic heterocycles. The highest BCUT2D eigenvalue weighted by molar-refractivity contribution is 4.82. The van der Waals surface area contributed by atoms with Crippen molar-refractivity contribution in [3.05, 3.63) is 0 Å². The van der Waals surface area contributed by atoms with Crippen molar-refractivity contribution < 1.29 is 0 Å². The molecule has 0 nitrogen and oxygen atoms in total. The minimum absolute atomic E-state index is 1.08. The van der Waals surface area contributed by atoms with Gasteiger partial charge in [0, 0.05) is 0 Å². The highest BCUT2D eigenvalue weighted by Gasteiger charge is 2.31. The molecule has 0 spiro atoms. The standard InChI is InChI=1S/C14H26/c1-2-12-8-4-3-5-9-13-10-6-7-11-14(12)13/h12-14H,2-11H2,1H3. The van der Waals surface area contributed by atoms with Crippen molar-refractivity contribution in [3.63, 3.8) is 0 Å². The molecule has 0 aromatic carbocycles. The normalized spacial score (nSPS) is 39.6.